The maximum atomic E-state index is 11.1. The molecule has 0 spiro atoms. The van der Waals surface area contributed by atoms with E-state index >= 15 is 0 Å². The van der Waals surface area contributed by atoms with Crippen LogP contribution < -0.4 is 11.1 Å². The van der Waals surface area contributed by atoms with E-state index in [4.69, 9.17) is 14.8 Å². The fourth-order valence-electron chi connectivity index (χ4n) is 1.41. The Balaban J connectivity index is 3.76. The Morgan fingerprint density at radius 3 is 1.94 bits per heavy atom. The lowest BCUT2D eigenvalue weighted by Gasteiger charge is -2.12. The van der Waals surface area contributed by atoms with E-state index in [-0.39, 0.29) is 17.8 Å². The van der Waals surface area contributed by atoms with Crippen LogP contribution in [-0.4, -0.2) is 33.0 Å². The maximum Gasteiger partial charge on any atom is 0.296 e. The average molecular weight is 296 g/mol. The molecule has 0 heterocycles. The van der Waals surface area contributed by atoms with Crippen LogP contribution in [0.15, 0.2) is 21.9 Å². The fraction of sp³-hybridized carbons (Fsp3) is 0.250. The Hall–Kier alpha value is -1.20. The molecule has 0 unspecified atom stereocenters. The molecule has 0 atom stereocenters. The molecule has 0 saturated heterocycles. The van der Waals surface area contributed by atoms with Gasteiger partial charge in [0.15, 0.2) is 0 Å². The van der Waals surface area contributed by atoms with Gasteiger partial charge in [0.05, 0.1) is 10.6 Å². The van der Waals surface area contributed by atoms with Gasteiger partial charge >= 0.3 is 0 Å². The summed E-state index contributed by atoms with van der Waals surface area (Å²) >= 11 is 0. The highest BCUT2D eigenvalue weighted by molar-refractivity contribution is 7.86. The second-order valence-corrected chi connectivity index (χ2v) is 6.14. The summed E-state index contributed by atoms with van der Waals surface area (Å²) < 4.78 is 62.3. The van der Waals surface area contributed by atoms with Crippen molar-refractivity contribution in [1.29, 1.82) is 0 Å². The Morgan fingerprint density at radius 2 is 1.61 bits per heavy atom. The summed E-state index contributed by atoms with van der Waals surface area (Å²) in [5, 5.41) is 2.48. The molecule has 10 heteroatoms. The summed E-state index contributed by atoms with van der Waals surface area (Å²) in [6, 6.07) is 1.78. The molecule has 0 bridgehead atoms. The van der Waals surface area contributed by atoms with Gasteiger partial charge in [-0.1, -0.05) is 0 Å². The van der Waals surface area contributed by atoms with Gasteiger partial charge in [0.2, 0.25) is 0 Å². The van der Waals surface area contributed by atoms with Crippen molar-refractivity contribution in [2.45, 2.75) is 16.3 Å². The number of anilines is 1. The monoisotopic (exact) mass is 296 g/mol. The molecule has 0 fully saturated rings. The SMILES string of the molecule is CNc1cc(CN)c(S(=O)(=O)O)cc1S(=O)(=O)O. The summed E-state index contributed by atoms with van der Waals surface area (Å²) in [5.41, 5.74) is 5.31. The van der Waals surface area contributed by atoms with Crippen LogP contribution in [0.25, 0.3) is 0 Å². The molecule has 1 aromatic carbocycles. The van der Waals surface area contributed by atoms with Crippen LogP contribution in [0.2, 0.25) is 0 Å². The van der Waals surface area contributed by atoms with Gasteiger partial charge in [-0.15, -0.1) is 0 Å². The molecule has 0 saturated carbocycles. The number of hydrogen-bond acceptors (Lipinski definition) is 6. The molecule has 0 aliphatic heterocycles. The zero-order chi connectivity index (χ0) is 14.1. The first kappa shape index (κ1) is 14.9. The predicted octanol–water partition coefficient (Wildman–Crippen LogP) is -0.320. The Bertz CT molecular complexity index is 610. The fourth-order valence-corrected chi connectivity index (χ4v) is 2.94. The first-order chi connectivity index (χ1) is 8.11. The maximum absolute atomic E-state index is 11.1. The highest BCUT2D eigenvalue weighted by Gasteiger charge is 2.23. The van der Waals surface area contributed by atoms with Crippen molar-refractivity contribution < 1.29 is 25.9 Å². The molecule has 0 aromatic heterocycles. The molecule has 0 radical (unpaired) electrons. The predicted molar refractivity (Wildman–Crippen MR) is 63.5 cm³/mol. The number of hydrogen-bond donors (Lipinski definition) is 4. The largest absolute Gasteiger partial charge is 0.387 e. The van der Waals surface area contributed by atoms with Crippen LogP contribution in [0.5, 0.6) is 0 Å². The van der Waals surface area contributed by atoms with Gasteiger partial charge in [-0.25, -0.2) is 0 Å². The first-order valence-electron chi connectivity index (χ1n) is 4.61. The minimum Gasteiger partial charge on any atom is -0.387 e. The summed E-state index contributed by atoms with van der Waals surface area (Å²) in [6.45, 7) is -0.227. The van der Waals surface area contributed by atoms with Gasteiger partial charge in [-0.05, 0) is 17.7 Å². The minimum atomic E-state index is -4.64. The lowest BCUT2D eigenvalue weighted by molar-refractivity contribution is 0.480. The van der Waals surface area contributed by atoms with Gasteiger partial charge in [0.1, 0.15) is 4.90 Å². The summed E-state index contributed by atoms with van der Waals surface area (Å²) in [4.78, 5) is -1.31. The summed E-state index contributed by atoms with van der Waals surface area (Å²) in [5.74, 6) is 0. The molecule has 0 aliphatic carbocycles. The summed E-state index contributed by atoms with van der Waals surface area (Å²) in [7, 11) is -7.88. The molecule has 8 nitrogen and oxygen atoms in total. The van der Waals surface area contributed by atoms with E-state index in [1.807, 2.05) is 0 Å². The van der Waals surface area contributed by atoms with E-state index in [2.05, 4.69) is 5.32 Å². The normalized spacial score (nSPS) is 12.4. The average Bonchev–Trinajstić information content (AvgIpc) is 2.24. The number of rotatable bonds is 4. The molecule has 102 valence electrons. The van der Waals surface area contributed by atoms with Crippen LogP contribution in [0.3, 0.4) is 0 Å². The van der Waals surface area contributed by atoms with Crippen molar-refractivity contribution in [3.8, 4) is 0 Å². The minimum absolute atomic E-state index is 0.0225. The Morgan fingerprint density at radius 1 is 1.11 bits per heavy atom. The van der Waals surface area contributed by atoms with E-state index in [9.17, 15) is 16.8 Å². The third-order valence-corrected chi connectivity index (χ3v) is 4.04. The molecule has 5 N–H and O–H groups in total. The van der Waals surface area contributed by atoms with Gasteiger partial charge in [0.25, 0.3) is 20.2 Å². The highest BCUT2D eigenvalue weighted by Crippen LogP contribution is 2.28. The molecule has 1 rings (SSSR count). The molecule has 1 aromatic rings. The van der Waals surface area contributed by atoms with Gasteiger partial charge in [-0.2, -0.15) is 16.8 Å². The van der Waals surface area contributed by atoms with Crippen LogP contribution in [0, 0.1) is 0 Å². The quantitative estimate of drug-likeness (QED) is 0.553. The lowest BCUT2D eigenvalue weighted by Crippen LogP contribution is -2.12. The van der Waals surface area contributed by atoms with E-state index in [0.29, 0.717) is 6.07 Å². The van der Waals surface area contributed by atoms with Crippen molar-refractivity contribution in [1.82, 2.24) is 0 Å². The van der Waals surface area contributed by atoms with Gasteiger partial charge in [-0.3, -0.25) is 9.11 Å². The number of benzene rings is 1. The van der Waals surface area contributed by atoms with E-state index in [1.165, 1.54) is 7.05 Å². The van der Waals surface area contributed by atoms with Crippen LogP contribution in [0.4, 0.5) is 5.69 Å². The topological polar surface area (TPSA) is 147 Å². The van der Waals surface area contributed by atoms with E-state index in [0.717, 1.165) is 6.07 Å². The van der Waals surface area contributed by atoms with Crippen molar-refractivity contribution in [2.24, 2.45) is 5.73 Å². The molecular weight excluding hydrogens is 284 g/mol. The third kappa shape index (κ3) is 2.97. The van der Waals surface area contributed by atoms with E-state index < -0.39 is 30.0 Å². The van der Waals surface area contributed by atoms with E-state index in [1.54, 1.807) is 0 Å². The highest BCUT2D eigenvalue weighted by atomic mass is 32.2. The van der Waals surface area contributed by atoms with Crippen LogP contribution >= 0.6 is 0 Å². The second-order valence-electron chi connectivity index (χ2n) is 3.36. The molecule has 18 heavy (non-hydrogen) atoms. The first-order valence-corrected chi connectivity index (χ1v) is 7.49. The van der Waals surface area contributed by atoms with Crippen molar-refractivity contribution in [3.05, 3.63) is 17.7 Å². The zero-order valence-electron chi connectivity index (χ0n) is 9.28. The Labute approximate surface area is 104 Å². The number of nitrogens with one attached hydrogen (secondary N) is 1. The molecule has 0 aliphatic rings. The standard InChI is InChI=1S/C8H12N2O6S2/c1-10-6-2-5(4-9)7(17(11,12)13)3-8(6)18(14,15)16/h2-3,10H,4,9H2,1H3,(H,11,12,13)(H,14,15,16). The van der Waals surface area contributed by atoms with Gasteiger partial charge < -0.3 is 11.1 Å². The van der Waals surface area contributed by atoms with Crippen LogP contribution in [-0.2, 0) is 26.8 Å². The Kier molecular flexibility index (Phi) is 3.98. The third-order valence-electron chi connectivity index (χ3n) is 2.21. The van der Waals surface area contributed by atoms with Crippen molar-refractivity contribution in [3.63, 3.8) is 0 Å². The number of nitrogens with two attached hydrogens (primary N) is 1. The molecular formula is C8H12N2O6S2. The smallest absolute Gasteiger partial charge is 0.296 e. The second kappa shape index (κ2) is 4.82. The van der Waals surface area contributed by atoms with Gasteiger partial charge in [0, 0.05) is 13.6 Å². The summed E-state index contributed by atoms with van der Waals surface area (Å²) in [6.07, 6.45) is 0. The van der Waals surface area contributed by atoms with Crippen LogP contribution in [0.1, 0.15) is 5.56 Å². The zero-order valence-corrected chi connectivity index (χ0v) is 10.9. The van der Waals surface area contributed by atoms with Crippen molar-refractivity contribution >= 4 is 25.9 Å². The van der Waals surface area contributed by atoms with Crippen molar-refractivity contribution in [2.75, 3.05) is 12.4 Å². The molecule has 0 amide bonds. The lowest BCUT2D eigenvalue weighted by atomic mass is 10.2.